The van der Waals surface area contributed by atoms with Gasteiger partial charge in [0, 0.05) is 30.3 Å². The molecule has 0 aliphatic heterocycles. The Morgan fingerprint density at radius 2 is 1.62 bits per heavy atom. The fourth-order valence-electron chi connectivity index (χ4n) is 5.18. The third-order valence-electron chi connectivity index (χ3n) is 7.75. The van der Waals surface area contributed by atoms with Gasteiger partial charge in [-0.15, -0.1) is 11.3 Å². The molecule has 1 heterocycles. The highest BCUT2D eigenvalue weighted by atomic mass is 32.1. The van der Waals surface area contributed by atoms with Crippen LogP contribution in [0.5, 0.6) is 0 Å². The Morgan fingerprint density at radius 1 is 0.915 bits per heavy atom. The first-order chi connectivity index (χ1) is 22.4. The van der Waals surface area contributed by atoms with E-state index in [0.717, 1.165) is 21.6 Å². The molecule has 3 aromatic rings. The molecule has 2 aromatic carbocycles. The Balaban J connectivity index is 1.95. The molecule has 4 amide bonds. The zero-order valence-corrected chi connectivity index (χ0v) is 28.3. The largest absolute Gasteiger partial charge is 0.368 e. The summed E-state index contributed by atoms with van der Waals surface area (Å²) in [5.74, 6) is -2.07. The van der Waals surface area contributed by atoms with Crippen LogP contribution >= 0.6 is 11.3 Å². The number of amides is 4. The maximum atomic E-state index is 14.4. The third-order valence-corrected chi connectivity index (χ3v) is 8.65. The van der Waals surface area contributed by atoms with Crippen LogP contribution in [0.1, 0.15) is 50.0 Å². The number of nitrogens with zero attached hydrogens (tertiary/aromatic N) is 1. The second-order valence-electron chi connectivity index (χ2n) is 12.4. The lowest BCUT2D eigenvalue weighted by molar-refractivity contribution is -0.142. The van der Waals surface area contributed by atoms with Crippen molar-refractivity contribution >= 4 is 35.0 Å². The van der Waals surface area contributed by atoms with E-state index in [0.29, 0.717) is 32.2 Å². The number of benzene rings is 2. The van der Waals surface area contributed by atoms with E-state index in [1.165, 1.54) is 22.3 Å². The fraction of sp³-hybridized carbons (Fsp3) is 0.389. The van der Waals surface area contributed by atoms with Crippen molar-refractivity contribution in [2.45, 2.75) is 76.0 Å². The molecule has 0 saturated carbocycles. The second kappa shape index (κ2) is 18.1. The van der Waals surface area contributed by atoms with Crippen molar-refractivity contribution < 1.29 is 19.2 Å². The predicted molar refractivity (Wildman–Crippen MR) is 188 cm³/mol. The molecule has 0 bridgehead atoms. The van der Waals surface area contributed by atoms with Crippen LogP contribution in [0, 0.1) is 0 Å². The molecule has 47 heavy (non-hydrogen) atoms. The van der Waals surface area contributed by atoms with Crippen molar-refractivity contribution in [2.24, 2.45) is 17.2 Å². The zero-order valence-electron chi connectivity index (χ0n) is 27.5. The Hall–Kier alpha value is -4.32. The molecule has 0 saturated heterocycles. The minimum Gasteiger partial charge on any atom is -0.368 e. The molecule has 1 aromatic heterocycles. The summed E-state index contributed by atoms with van der Waals surface area (Å²) in [6, 6.07) is 18.4. The minimum absolute atomic E-state index is 0.173. The Morgan fingerprint density at radius 3 is 2.26 bits per heavy atom. The minimum atomic E-state index is -1.01. The molecule has 8 N–H and O–H groups in total. The summed E-state index contributed by atoms with van der Waals surface area (Å²) < 4.78 is 0. The van der Waals surface area contributed by atoms with Crippen LogP contribution in [-0.4, -0.2) is 65.8 Å². The zero-order chi connectivity index (χ0) is 34.4. The van der Waals surface area contributed by atoms with Gasteiger partial charge in [0.15, 0.2) is 0 Å². The second-order valence-corrected chi connectivity index (χ2v) is 13.4. The van der Waals surface area contributed by atoms with E-state index in [-0.39, 0.29) is 12.8 Å². The molecule has 3 rings (SSSR count). The quantitative estimate of drug-likeness (QED) is 0.103. The fourth-order valence-corrected chi connectivity index (χ4v) is 5.92. The number of hydrogen-bond donors (Lipinski definition) is 5. The molecule has 0 radical (unpaired) electrons. The van der Waals surface area contributed by atoms with Crippen molar-refractivity contribution in [3.63, 3.8) is 0 Å². The van der Waals surface area contributed by atoms with Crippen LogP contribution in [0.25, 0.3) is 11.1 Å². The predicted octanol–water partition coefficient (Wildman–Crippen LogP) is 3.29. The normalized spacial score (nSPS) is 13.5. The summed E-state index contributed by atoms with van der Waals surface area (Å²) >= 11 is 1.46. The number of carbonyl (C=O) groups is 4. The SMILES string of the molecule is CN(C(=O)[C@@H](Cc1ccccc1-c1ccccc1)NC(=O)C=CCC(C)(C)N)[C@H](Cc1cccs1)C(=O)N[C@@H](CCCCN)C(N)=O. The van der Waals surface area contributed by atoms with Gasteiger partial charge in [0.2, 0.25) is 23.6 Å². The van der Waals surface area contributed by atoms with Crippen molar-refractivity contribution in [1.82, 2.24) is 15.5 Å². The summed E-state index contributed by atoms with van der Waals surface area (Å²) in [7, 11) is 1.54. The lowest BCUT2D eigenvalue weighted by atomic mass is 9.94. The highest BCUT2D eigenvalue weighted by molar-refractivity contribution is 7.09. The number of nitrogens with two attached hydrogens (primary N) is 3. The molecule has 10 nitrogen and oxygen atoms in total. The number of carbonyl (C=O) groups excluding carboxylic acids is 4. The number of primary amides is 1. The maximum Gasteiger partial charge on any atom is 0.245 e. The number of likely N-dealkylation sites (N-methyl/N-ethyl adjacent to an activating group) is 1. The number of rotatable bonds is 18. The molecule has 0 unspecified atom stereocenters. The number of thiophene rings is 1. The molecule has 0 spiro atoms. The number of hydrogen-bond acceptors (Lipinski definition) is 7. The van der Waals surface area contributed by atoms with Gasteiger partial charge in [-0.05, 0) is 80.3 Å². The highest BCUT2D eigenvalue weighted by Gasteiger charge is 2.34. The van der Waals surface area contributed by atoms with Crippen LogP contribution in [0.15, 0.2) is 84.3 Å². The van der Waals surface area contributed by atoms with E-state index in [9.17, 15) is 19.2 Å². The summed E-state index contributed by atoms with van der Waals surface area (Å²) in [6.07, 6.45) is 5.54. The van der Waals surface area contributed by atoms with Crippen LogP contribution in [0.2, 0.25) is 0 Å². The first-order valence-electron chi connectivity index (χ1n) is 15.9. The Bertz CT molecular complexity index is 1490. The number of unbranched alkanes of at least 4 members (excludes halogenated alkanes) is 1. The Labute approximate surface area is 281 Å². The standard InChI is InChI=1S/C36H48N6O4S/c1-36(2,39)20-11-19-32(43)40-30(23-26-15-7-8-17-28(26)25-13-5-4-6-14-25)35(46)42(3)31(24-27-16-12-22-47-27)34(45)41-29(33(38)44)18-9-10-21-37/h4-8,11-17,19,22,29-31H,9-10,18,20-21,23-24,37,39H2,1-3H3,(H2,38,44)(H,40,43)(H,41,45)/t29-,30+,31+/m0/s1. The van der Waals surface area contributed by atoms with E-state index in [1.54, 1.807) is 13.1 Å². The molecule has 3 atom stereocenters. The average molecular weight is 661 g/mol. The van der Waals surface area contributed by atoms with Gasteiger partial charge >= 0.3 is 0 Å². The van der Waals surface area contributed by atoms with Gasteiger partial charge in [0.05, 0.1) is 0 Å². The van der Waals surface area contributed by atoms with Crippen LogP contribution in [0.3, 0.4) is 0 Å². The van der Waals surface area contributed by atoms with Gasteiger partial charge in [-0.25, -0.2) is 0 Å². The molecule has 0 aliphatic carbocycles. The summed E-state index contributed by atoms with van der Waals surface area (Å²) in [4.78, 5) is 55.8. The van der Waals surface area contributed by atoms with Gasteiger partial charge in [0.1, 0.15) is 18.1 Å². The molecule has 0 aliphatic rings. The first-order valence-corrected chi connectivity index (χ1v) is 16.8. The van der Waals surface area contributed by atoms with Gasteiger partial charge in [-0.2, -0.15) is 0 Å². The van der Waals surface area contributed by atoms with E-state index in [4.69, 9.17) is 17.2 Å². The molecular formula is C36H48N6O4S. The van der Waals surface area contributed by atoms with Crippen LogP contribution in [-0.2, 0) is 32.0 Å². The van der Waals surface area contributed by atoms with Gasteiger partial charge in [-0.1, -0.05) is 66.7 Å². The van der Waals surface area contributed by atoms with Gasteiger partial charge in [0.25, 0.3) is 0 Å². The van der Waals surface area contributed by atoms with E-state index in [2.05, 4.69) is 10.6 Å². The summed E-state index contributed by atoms with van der Waals surface area (Å²) in [5.41, 5.74) is 19.6. The third kappa shape index (κ3) is 12.1. The summed E-state index contributed by atoms with van der Waals surface area (Å²) in [5, 5.41) is 7.55. The van der Waals surface area contributed by atoms with Crippen molar-refractivity contribution in [2.75, 3.05) is 13.6 Å². The highest BCUT2D eigenvalue weighted by Crippen LogP contribution is 2.25. The topological polar surface area (TPSA) is 174 Å². The van der Waals surface area contributed by atoms with Crippen LogP contribution < -0.4 is 27.8 Å². The van der Waals surface area contributed by atoms with E-state index < -0.39 is 47.3 Å². The smallest absolute Gasteiger partial charge is 0.245 e. The molecular weight excluding hydrogens is 613 g/mol. The van der Waals surface area contributed by atoms with E-state index in [1.807, 2.05) is 86.0 Å². The molecule has 252 valence electrons. The van der Waals surface area contributed by atoms with Crippen LogP contribution in [0.4, 0.5) is 0 Å². The lowest BCUT2D eigenvalue weighted by Gasteiger charge is -2.32. The average Bonchev–Trinajstić information content (AvgIpc) is 3.55. The van der Waals surface area contributed by atoms with E-state index >= 15 is 0 Å². The van der Waals surface area contributed by atoms with Gasteiger partial charge in [-0.3, -0.25) is 19.2 Å². The number of nitrogens with one attached hydrogen (secondary N) is 2. The maximum absolute atomic E-state index is 14.4. The molecule has 0 fully saturated rings. The lowest BCUT2D eigenvalue weighted by Crippen LogP contribution is -2.57. The summed E-state index contributed by atoms with van der Waals surface area (Å²) in [6.45, 7) is 4.17. The van der Waals surface area contributed by atoms with Crippen molar-refractivity contribution in [3.05, 3.63) is 94.7 Å². The van der Waals surface area contributed by atoms with Crippen molar-refractivity contribution in [1.29, 1.82) is 0 Å². The Kier molecular flexibility index (Phi) is 14.3. The molecule has 11 heteroatoms. The van der Waals surface area contributed by atoms with Crippen molar-refractivity contribution in [3.8, 4) is 11.1 Å². The monoisotopic (exact) mass is 660 g/mol. The first kappa shape index (κ1) is 37.1. The van der Waals surface area contributed by atoms with Gasteiger partial charge < -0.3 is 32.7 Å².